The van der Waals surface area contributed by atoms with Crippen LogP contribution in [-0.4, -0.2) is 55.3 Å². The molecule has 7 nitrogen and oxygen atoms in total. The first-order valence-electron chi connectivity index (χ1n) is 8.07. The van der Waals surface area contributed by atoms with Crippen LogP contribution >= 0.6 is 0 Å². The molecule has 1 heterocycles. The number of Topliss-reactive ketones (excluding diaryl/α,β-unsaturated/α-hetero) is 1. The van der Waals surface area contributed by atoms with Crippen LogP contribution in [0, 0.1) is 5.41 Å². The maximum Gasteiger partial charge on any atom is 0.325 e. The third-order valence-electron chi connectivity index (χ3n) is 4.60. The van der Waals surface area contributed by atoms with E-state index in [1.165, 1.54) is 11.0 Å². The molecule has 1 saturated heterocycles. The quantitative estimate of drug-likeness (QED) is 0.316. The topological polar surface area (TPSA) is 90.0 Å². The van der Waals surface area contributed by atoms with Crippen LogP contribution in [0.2, 0.25) is 0 Å². The average molecular weight is 359 g/mol. The number of hydrogen-bond donors (Lipinski definition) is 0. The number of hydrogen-bond acceptors (Lipinski definition) is 6. The van der Waals surface area contributed by atoms with Gasteiger partial charge in [-0.05, 0) is 0 Å². The molecule has 1 aromatic carbocycles. The van der Waals surface area contributed by atoms with Gasteiger partial charge in [0.25, 0.3) is 0 Å². The predicted octanol–water partition coefficient (Wildman–Crippen LogP) is 1.38. The minimum absolute atomic E-state index is 0.0985. The number of esters is 2. The normalized spacial score (nSPS) is 18.3. The highest BCUT2D eigenvalue weighted by atomic mass is 16.5. The van der Waals surface area contributed by atoms with Gasteiger partial charge in [-0.15, -0.1) is 6.58 Å². The van der Waals surface area contributed by atoms with Gasteiger partial charge in [0.1, 0.15) is 0 Å². The lowest BCUT2D eigenvalue weighted by atomic mass is 9.77. The van der Waals surface area contributed by atoms with Crippen LogP contribution in [0.4, 0.5) is 0 Å². The summed E-state index contributed by atoms with van der Waals surface area (Å²) in [6.07, 6.45) is 0.850. The molecule has 138 valence electrons. The molecule has 1 unspecified atom stereocenters. The molecule has 1 fully saturated rings. The molecular formula is C19H21NO6. The smallest absolute Gasteiger partial charge is 0.325 e. The summed E-state index contributed by atoms with van der Waals surface area (Å²) in [6.45, 7) is 3.70. The van der Waals surface area contributed by atoms with Crippen LogP contribution in [0.25, 0.3) is 0 Å². The number of nitrogens with zero attached hydrogens (tertiary/aromatic N) is 1. The number of likely N-dealkylation sites (tertiary alicyclic amines) is 1. The van der Waals surface area contributed by atoms with E-state index in [1.54, 1.807) is 30.3 Å². The number of carbonyl (C=O) groups is 4. The first-order valence-corrected chi connectivity index (χ1v) is 8.07. The Morgan fingerprint density at radius 1 is 1.19 bits per heavy atom. The Labute approximate surface area is 151 Å². The standard InChI is InChI=1S/C19H21NO6/c1-4-10-20-15(11-14(21)13-8-6-5-7-9-13)19(12-16(20)22,17(23)25-2)18(24)26-3/h4-9,15H,1,10-12H2,2-3H3. The fourth-order valence-electron chi connectivity index (χ4n) is 3.33. The van der Waals surface area contributed by atoms with Crippen molar-refractivity contribution in [2.24, 2.45) is 5.41 Å². The number of rotatable bonds is 7. The van der Waals surface area contributed by atoms with Gasteiger partial charge in [-0.3, -0.25) is 19.2 Å². The van der Waals surface area contributed by atoms with Crippen LogP contribution in [0.5, 0.6) is 0 Å². The third kappa shape index (κ3) is 3.24. The number of ketones is 1. The number of carbonyl (C=O) groups excluding carboxylic acids is 4. The lowest BCUT2D eigenvalue weighted by Crippen LogP contribution is -2.52. The van der Waals surface area contributed by atoms with E-state index in [1.807, 2.05) is 0 Å². The summed E-state index contributed by atoms with van der Waals surface area (Å²) in [7, 11) is 2.26. The summed E-state index contributed by atoms with van der Waals surface area (Å²) in [4.78, 5) is 51.5. The summed E-state index contributed by atoms with van der Waals surface area (Å²) < 4.78 is 9.59. The van der Waals surface area contributed by atoms with E-state index in [0.717, 1.165) is 14.2 Å². The average Bonchev–Trinajstić information content (AvgIpc) is 2.94. The number of benzene rings is 1. The largest absolute Gasteiger partial charge is 0.468 e. The summed E-state index contributed by atoms with van der Waals surface area (Å²) in [5.41, 5.74) is -1.46. The molecule has 1 aliphatic heterocycles. The summed E-state index contributed by atoms with van der Waals surface area (Å²) >= 11 is 0. The minimum atomic E-state index is -1.88. The highest BCUT2D eigenvalue weighted by Crippen LogP contribution is 2.42. The van der Waals surface area contributed by atoms with E-state index in [-0.39, 0.29) is 18.7 Å². The number of amides is 1. The Bertz CT molecular complexity index is 711. The van der Waals surface area contributed by atoms with E-state index in [2.05, 4.69) is 6.58 Å². The molecule has 0 N–H and O–H groups in total. The highest BCUT2D eigenvalue weighted by molar-refractivity contribution is 6.08. The summed E-state index contributed by atoms with van der Waals surface area (Å²) in [6, 6.07) is 7.45. The van der Waals surface area contributed by atoms with Crippen LogP contribution < -0.4 is 0 Å². The molecule has 0 spiro atoms. The molecule has 1 aromatic rings. The zero-order valence-corrected chi connectivity index (χ0v) is 14.8. The van der Waals surface area contributed by atoms with Crippen LogP contribution in [-0.2, 0) is 23.9 Å². The second-order valence-corrected chi connectivity index (χ2v) is 5.98. The Morgan fingerprint density at radius 2 is 1.77 bits per heavy atom. The minimum Gasteiger partial charge on any atom is -0.468 e. The molecule has 1 aliphatic rings. The SMILES string of the molecule is C=CCN1C(=O)CC(C(=O)OC)(C(=O)OC)C1CC(=O)c1ccccc1. The fraction of sp³-hybridized carbons (Fsp3) is 0.368. The van der Waals surface area contributed by atoms with Crippen molar-refractivity contribution in [2.45, 2.75) is 18.9 Å². The molecule has 1 amide bonds. The van der Waals surface area contributed by atoms with Crippen molar-refractivity contribution >= 4 is 23.6 Å². The molecule has 7 heteroatoms. The first-order chi connectivity index (χ1) is 12.4. The fourth-order valence-corrected chi connectivity index (χ4v) is 3.33. The van der Waals surface area contributed by atoms with Gasteiger partial charge in [0.05, 0.1) is 26.7 Å². The van der Waals surface area contributed by atoms with E-state index in [9.17, 15) is 19.2 Å². The lowest BCUT2D eigenvalue weighted by molar-refractivity contribution is -0.171. The van der Waals surface area contributed by atoms with Crippen molar-refractivity contribution in [1.29, 1.82) is 0 Å². The first kappa shape index (κ1) is 19.4. The van der Waals surface area contributed by atoms with Crippen molar-refractivity contribution in [3.8, 4) is 0 Å². The van der Waals surface area contributed by atoms with Gasteiger partial charge < -0.3 is 14.4 Å². The molecular weight excluding hydrogens is 338 g/mol. The number of ether oxygens (including phenoxy) is 2. The van der Waals surface area contributed by atoms with Crippen molar-refractivity contribution in [1.82, 2.24) is 4.90 Å². The van der Waals surface area contributed by atoms with E-state index >= 15 is 0 Å². The van der Waals surface area contributed by atoms with E-state index in [4.69, 9.17) is 9.47 Å². The van der Waals surface area contributed by atoms with Gasteiger partial charge in [0.15, 0.2) is 11.2 Å². The molecule has 0 saturated carbocycles. The van der Waals surface area contributed by atoms with Gasteiger partial charge in [-0.1, -0.05) is 36.4 Å². The maximum absolute atomic E-state index is 12.7. The summed E-state index contributed by atoms with van der Waals surface area (Å²) in [5, 5.41) is 0. The zero-order valence-electron chi connectivity index (χ0n) is 14.8. The van der Waals surface area contributed by atoms with Gasteiger partial charge >= 0.3 is 11.9 Å². The molecule has 0 radical (unpaired) electrons. The molecule has 2 rings (SSSR count). The molecule has 1 atom stereocenters. The van der Waals surface area contributed by atoms with Crippen LogP contribution in [0.1, 0.15) is 23.2 Å². The molecule has 0 bridgehead atoms. The monoisotopic (exact) mass is 359 g/mol. The van der Waals surface area contributed by atoms with E-state index in [0.29, 0.717) is 5.56 Å². The van der Waals surface area contributed by atoms with Crippen LogP contribution in [0.3, 0.4) is 0 Å². The van der Waals surface area contributed by atoms with Gasteiger partial charge in [0.2, 0.25) is 5.91 Å². The van der Waals surface area contributed by atoms with Crippen molar-refractivity contribution < 1.29 is 28.7 Å². The van der Waals surface area contributed by atoms with Crippen molar-refractivity contribution in [3.05, 3.63) is 48.6 Å². The highest BCUT2D eigenvalue weighted by Gasteiger charge is 2.63. The Morgan fingerprint density at radius 3 is 2.27 bits per heavy atom. The second-order valence-electron chi connectivity index (χ2n) is 5.98. The van der Waals surface area contributed by atoms with Crippen molar-refractivity contribution in [3.63, 3.8) is 0 Å². The predicted molar refractivity (Wildman–Crippen MR) is 92.2 cm³/mol. The van der Waals surface area contributed by atoms with Gasteiger partial charge in [-0.2, -0.15) is 0 Å². The number of methoxy groups -OCH3 is 2. The Balaban J connectivity index is 2.49. The van der Waals surface area contributed by atoms with Gasteiger partial charge in [0, 0.05) is 18.5 Å². The Kier molecular flexibility index (Phi) is 5.92. The van der Waals surface area contributed by atoms with Gasteiger partial charge in [-0.25, -0.2) is 0 Å². The molecule has 0 aromatic heterocycles. The second kappa shape index (κ2) is 7.95. The van der Waals surface area contributed by atoms with Crippen LogP contribution in [0.15, 0.2) is 43.0 Å². The van der Waals surface area contributed by atoms with Crippen molar-refractivity contribution in [2.75, 3.05) is 20.8 Å². The Hall–Kier alpha value is -2.96. The molecule has 26 heavy (non-hydrogen) atoms. The lowest BCUT2D eigenvalue weighted by Gasteiger charge is -2.32. The maximum atomic E-state index is 12.7. The summed E-state index contributed by atoms with van der Waals surface area (Å²) in [5.74, 6) is -2.52. The third-order valence-corrected chi connectivity index (χ3v) is 4.60. The zero-order chi connectivity index (χ0) is 19.3. The molecule has 0 aliphatic carbocycles. The van der Waals surface area contributed by atoms with E-state index < -0.39 is 35.7 Å².